The summed E-state index contributed by atoms with van der Waals surface area (Å²) in [7, 11) is 1.63. The van der Waals surface area contributed by atoms with Gasteiger partial charge >= 0.3 is 0 Å². The van der Waals surface area contributed by atoms with Crippen LogP contribution in [0.25, 0.3) is 27.7 Å². The molecule has 0 fully saturated rings. The fraction of sp³-hybridized carbons (Fsp3) is 0.100. The minimum Gasteiger partial charge on any atom is -0.497 e. The second kappa shape index (κ2) is 5.49. The number of carbonyl (C=O) groups is 1. The van der Waals surface area contributed by atoms with Crippen LogP contribution in [0.2, 0.25) is 0 Å². The maximum absolute atomic E-state index is 12.3. The lowest BCUT2D eigenvalue weighted by atomic mass is 10.1. The highest BCUT2D eigenvalue weighted by Crippen LogP contribution is 2.29. The molecule has 0 N–H and O–H groups in total. The number of ketones is 1. The SMILES string of the molecule is COc1ccc(-c2nc3c4ccccc4ccn3c2C(C)=O)cc1. The van der Waals surface area contributed by atoms with Crippen LogP contribution in [-0.2, 0) is 0 Å². The maximum Gasteiger partial charge on any atom is 0.178 e. The zero-order valence-electron chi connectivity index (χ0n) is 13.5. The van der Waals surface area contributed by atoms with E-state index in [-0.39, 0.29) is 5.78 Å². The Morgan fingerprint density at radius 3 is 2.50 bits per heavy atom. The first-order chi connectivity index (χ1) is 11.7. The lowest BCUT2D eigenvalue weighted by Gasteiger charge is -2.04. The van der Waals surface area contributed by atoms with Gasteiger partial charge in [-0.3, -0.25) is 9.20 Å². The standard InChI is InChI=1S/C20H16N2O2/c1-13(23)19-18(15-7-9-16(24-2)10-8-15)21-20-17-6-4-3-5-14(17)11-12-22(19)20/h3-12H,1-2H3. The second-order valence-corrected chi connectivity index (χ2v) is 5.69. The van der Waals surface area contributed by atoms with Crippen molar-refractivity contribution >= 4 is 22.2 Å². The number of fused-ring (bicyclic) bond motifs is 3. The summed E-state index contributed by atoms with van der Waals surface area (Å²) in [6.07, 6.45) is 1.91. The molecular weight excluding hydrogens is 300 g/mol. The number of aromatic nitrogens is 2. The van der Waals surface area contributed by atoms with Gasteiger partial charge in [0.05, 0.1) is 7.11 Å². The van der Waals surface area contributed by atoms with Crippen LogP contribution >= 0.6 is 0 Å². The number of benzene rings is 2. The molecule has 2 aromatic heterocycles. The van der Waals surface area contributed by atoms with E-state index in [1.165, 1.54) is 0 Å². The maximum atomic E-state index is 12.3. The number of carbonyl (C=O) groups excluding carboxylic acids is 1. The van der Waals surface area contributed by atoms with Crippen molar-refractivity contribution in [2.75, 3.05) is 7.11 Å². The van der Waals surface area contributed by atoms with Crippen LogP contribution in [0.3, 0.4) is 0 Å². The summed E-state index contributed by atoms with van der Waals surface area (Å²) in [6.45, 7) is 1.58. The van der Waals surface area contributed by atoms with Gasteiger partial charge < -0.3 is 4.74 Å². The summed E-state index contributed by atoms with van der Waals surface area (Å²) in [5.74, 6) is 0.765. The fourth-order valence-corrected chi connectivity index (χ4v) is 3.06. The van der Waals surface area contributed by atoms with Gasteiger partial charge in [-0.15, -0.1) is 0 Å². The smallest absolute Gasteiger partial charge is 0.178 e. The van der Waals surface area contributed by atoms with Crippen molar-refractivity contribution < 1.29 is 9.53 Å². The Labute approximate surface area is 139 Å². The van der Waals surface area contributed by atoms with Gasteiger partial charge in [0.15, 0.2) is 5.78 Å². The van der Waals surface area contributed by atoms with Gasteiger partial charge in [0, 0.05) is 24.1 Å². The Bertz CT molecular complexity index is 1060. The summed E-state index contributed by atoms with van der Waals surface area (Å²) in [6, 6.07) is 17.7. The summed E-state index contributed by atoms with van der Waals surface area (Å²) in [5, 5.41) is 2.13. The van der Waals surface area contributed by atoms with Crippen LogP contribution in [0.4, 0.5) is 0 Å². The number of ether oxygens (including phenoxy) is 1. The Morgan fingerprint density at radius 1 is 1.04 bits per heavy atom. The van der Waals surface area contributed by atoms with E-state index in [0.717, 1.165) is 27.7 Å². The van der Waals surface area contributed by atoms with Gasteiger partial charge in [-0.25, -0.2) is 4.98 Å². The van der Waals surface area contributed by atoms with Crippen molar-refractivity contribution in [3.8, 4) is 17.0 Å². The predicted octanol–water partition coefficient (Wildman–Crippen LogP) is 4.37. The normalized spacial score (nSPS) is 11.1. The summed E-state index contributed by atoms with van der Waals surface area (Å²) >= 11 is 0. The molecule has 118 valence electrons. The van der Waals surface area contributed by atoms with Gasteiger partial charge in [0.2, 0.25) is 0 Å². The van der Waals surface area contributed by atoms with Crippen molar-refractivity contribution in [1.29, 1.82) is 0 Å². The number of hydrogen-bond acceptors (Lipinski definition) is 3. The predicted molar refractivity (Wildman–Crippen MR) is 94.7 cm³/mol. The van der Waals surface area contributed by atoms with Crippen molar-refractivity contribution in [2.24, 2.45) is 0 Å². The number of nitrogens with zero attached hydrogens (tertiary/aromatic N) is 2. The molecule has 0 aliphatic carbocycles. The average Bonchev–Trinajstić information content (AvgIpc) is 3.02. The van der Waals surface area contributed by atoms with Crippen LogP contribution in [0, 0.1) is 0 Å². The second-order valence-electron chi connectivity index (χ2n) is 5.69. The number of rotatable bonds is 3. The molecule has 0 saturated heterocycles. The number of pyridine rings is 1. The molecule has 4 aromatic rings. The first-order valence-electron chi connectivity index (χ1n) is 7.74. The molecule has 4 heteroatoms. The molecule has 24 heavy (non-hydrogen) atoms. The van der Waals surface area contributed by atoms with Gasteiger partial charge in [0.1, 0.15) is 22.8 Å². The van der Waals surface area contributed by atoms with Crippen LogP contribution in [0.15, 0.2) is 60.8 Å². The van der Waals surface area contributed by atoms with E-state index in [1.54, 1.807) is 14.0 Å². The van der Waals surface area contributed by atoms with E-state index in [9.17, 15) is 4.79 Å². The molecule has 4 rings (SSSR count). The monoisotopic (exact) mass is 316 g/mol. The quantitative estimate of drug-likeness (QED) is 0.527. The van der Waals surface area contributed by atoms with Gasteiger partial charge in [-0.1, -0.05) is 24.3 Å². The molecule has 0 bridgehead atoms. The largest absolute Gasteiger partial charge is 0.497 e. The van der Waals surface area contributed by atoms with Crippen LogP contribution in [0.5, 0.6) is 5.75 Å². The first kappa shape index (κ1) is 14.5. The van der Waals surface area contributed by atoms with Crippen molar-refractivity contribution in [2.45, 2.75) is 6.92 Å². The lowest BCUT2D eigenvalue weighted by Crippen LogP contribution is -2.00. The third kappa shape index (κ3) is 2.15. The molecule has 0 radical (unpaired) electrons. The minimum atomic E-state index is -0.0106. The Kier molecular flexibility index (Phi) is 3.31. The summed E-state index contributed by atoms with van der Waals surface area (Å²) in [5.41, 5.74) is 2.99. The third-order valence-electron chi connectivity index (χ3n) is 4.21. The molecule has 0 amide bonds. The molecule has 0 unspecified atom stereocenters. The van der Waals surface area contributed by atoms with E-state index in [0.29, 0.717) is 11.4 Å². The molecule has 0 spiro atoms. The Morgan fingerprint density at radius 2 is 1.79 bits per heavy atom. The Balaban J connectivity index is 2.05. The van der Waals surface area contributed by atoms with Crippen molar-refractivity contribution in [3.63, 3.8) is 0 Å². The molecule has 0 saturated carbocycles. The Hall–Kier alpha value is -3.14. The summed E-state index contributed by atoms with van der Waals surface area (Å²) in [4.78, 5) is 17.1. The average molecular weight is 316 g/mol. The molecule has 4 nitrogen and oxygen atoms in total. The van der Waals surface area contributed by atoms with Crippen LogP contribution < -0.4 is 4.74 Å². The number of methoxy groups -OCH3 is 1. The molecule has 0 aliphatic heterocycles. The number of hydrogen-bond donors (Lipinski definition) is 0. The van der Waals surface area contributed by atoms with Gasteiger partial charge in [-0.05, 0) is 35.7 Å². The zero-order valence-corrected chi connectivity index (χ0v) is 13.5. The summed E-state index contributed by atoms with van der Waals surface area (Å²) < 4.78 is 7.09. The van der Waals surface area contributed by atoms with E-state index in [1.807, 2.05) is 65.2 Å². The first-order valence-corrected chi connectivity index (χ1v) is 7.74. The van der Waals surface area contributed by atoms with E-state index in [4.69, 9.17) is 9.72 Å². The molecular formula is C20H16N2O2. The minimum absolute atomic E-state index is 0.0106. The molecule has 0 aliphatic rings. The van der Waals surface area contributed by atoms with Crippen LogP contribution in [-0.4, -0.2) is 22.3 Å². The topological polar surface area (TPSA) is 43.6 Å². The van der Waals surface area contributed by atoms with E-state index >= 15 is 0 Å². The van der Waals surface area contributed by atoms with E-state index in [2.05, 4.69) is 0 Å². The number of imidazole rings is 1. The lowest BCUT2D eigenvalue weighted by molar-refractivity contribution is 0.101. The van der Waals surface area contributed by atoms with Gasteiger partial charge in [0.25, 0.3) is 0 Å². The molecule has 0 atom stereocenters. The highest BCUT2D eigenvalue weighted by molar-refractivity contribution is 6.03. The van der Waals surface area contributed by atoms with Crippen molar-refractivity contribution in [3.05, 3.63) is 66.5 Å². The third-order valence-corrected chi connectivity index (χ3v) is 4.21. The number of Topliss-reactive ketones (excluding diaryl/α,β-unsaturated/α-hetero) is 1. The molecule has 2 heterocycles. The van der Waals surface area contributed by atoms with Gasteiger partial charge in [-0.2, -0.15) is 0 Å². The van der Waals surface area contributed by atoms with Crippen molar-refractivity contribution in [1.82, 2.24) is 9.38 Å². The zero-order chi connectivity index (χ0) is 16.7. The van der Waals surface area contributed by atoms with E-state index < -0.39 is 0 Å². The molecule has 2 aromatic carbocycles. The van der Waals surface area contributed by atoms with Crippen LogP contribution in [0.1, 0.15) is 17.4 Å². The highest BCUT2D eigenvalue weighted by Gasteiger charge is 2.18. The highest BCUT2D eigenvalue weighted by atomic mass is 16.5. The fourth-order valence-electron chi connectivity index (χ4n) is 3.06.